The molecular weight excluding hydrogens is 376 g/mol. The minimum atomic E-state index is -3.75. The van der Waals surface area contributed by atoms with Gasteiger partial charge in [-0.2, -0.15) is 4.31 Å². The highest BCUT2D eigenvalue weighted by Gasteiger charge is 2.22. The number of ether oxygens (including phenoxy) is 1. The highest BCUT2D eigenvalue weighted by Crippen LogP contribution is 2.17. The van der Waals surface area contributed by atoms with Crippen molar-refractivity contribution in [2.24, 2.45) is 0 Å². The molecule has 0 saturated carbocycles. The number of sulfonamides is 1. The first-order valence-corrected chi connectivity index (χ1v) is 9.79. The highest BCUT2D eigenvalue weighted by molar-refractivity contribution is 7.89. The van der Waals surface area contributed by atoms with Crippen LogP contribution < -0.4 is 10.1 Å². The van der Waals surface area contributed by atoms with Gasteiger partial charge in [-0.25, -0.2) is 8.42 Å². The predicted molar refractivity (Wildman–Crippen MR) is 101 cm³/mol. The third-order valence-electron chi connectivity index (χ3n) is 3.66. The Morgan fingerprint density at radius 2 is 1.81 bits per heavy atom. The Labute approximate surface area is 158 Å². The number of aryl methyl sites for hydroxylation is 1. The normalized spacial score (nSPS) is 11.4. The zero-order valence-electron chi connectivity index (χ0n) is 14.6. The van der Waals surface area contributed by atoms with E-state index < -0.39 is 15.9 Å². The third-order valence-corrected chi connectivity index (χ3v) is 5.73. The van der Waals surface area contributed by atoms with Gasteiger partial charge in [-0.3, -0.25) is 4.79 Å². The van der Waals surface area contributed by atoms with Gasteiger partial charge in [0.15, 0.2) is 0 Å². The Balaban J connectivity index is 1.81. The number of hydrogen-bond acceptors (Lipinski definition) is 4. The van der Waals surface area contributed by atoms with Crippen molar-refractivity contribution in [3.8, 4) is 5.75 Å². The van der Waals surface area contributed by atoms with Gasteiger partial charge >= 0.3 is 0 Å². The Hall–Kier alpha value is -2.09. The van der Waals surface area contributed by atoms with Gasteiger partial charge in [0.05, 0.1) is 18.0 Å². The zero-order chi connectivity index (χ0) is 19.2. The Bertz CT molecular complexity index is 854. The standard InChI is InChI=1S/C18H21ClN2O4S/c1-14-5-3-4-6-17(14)25-12-11-20-18(22)13-21(2)26(23,24)16-9-7-15(19)8-10-16/h3-10H,11-13H2,1-2H3,(H,20,22). The average Bonchev–Trinajstić information content (AvgIpc) is 2.60. The first-order valence-electron chi connectivity index (χ1n) is 7.98. The molecule has 1 amide bonds. The molecule has 0 heterocycles. The van der Waals surface area contributed by atoms with Gasteiger partial charge in [-0.05, 0) is 42.8 Å². The number of benzene rings is 2. The van der Waals surface area contributed by atoms with Crippen LogP contribution in [0, 0.1) is 6.92 Å². The Morgan fingerprint density at radius 3 is 2.46 bits per heavy atom. The molecule has 1 N–H and O–H groups in total. The minimum Gasteiger partial charge on any atom is -0.491 e. The number of nitrogens with one attached hydrogen (secondary N) is 1. The lowest BCUT2D eigenvalue weighted by Crippen LogP contribution is -2.39. The van der Waals surface area contributed by atoms with Crippen molar-refractivity contribution in [1.82, 2.24) is 9.62 Å². The first kappa shape index (κ1) is 20.2. The van der Waals surface area contributed by atoms with E-state index in [4.69, 9.17) is 16.3 Å². The Morgan fingerprint density at radius 1 is 1.15 bits per heavy atom. The van der Waals surface area contributed by atoms with Gasteiger partial charge in [0.25, 0.3) is 0 Å². The van der Waals surface area contributed by atoms with Crippen LogP contribution in [0.1, 0.15) is 5.56 Å². The van der Waals surface area contributed by atoms with Crippen molar-refractivity contribution in [2.75, 3.05) is 26.7 Å². The minimum absolute atomic E-state index is 0.0834. The van der Waals surface area contributed by atoms with E-state index in [1.54, 1.807) is 0 Å². The SMILES string of the molecule is Cc1ccccc1OCCNC(=O)CN(C)S(=O)(=O)c1ccc(Cl)cc1. The van der Waals surface area contributed by atoms with Gasteiger partial charge in [0.1, 0.15) is 12.4 Å². The Kier molecular flexibility index (Phi) is 7.02. The molecule has 0 aliphatic carbocycles. The molecule has 0 aromatic heterocycles. The van der Waals surface area contributed by atoms with E-state index in [-0.39, 0.29) is 18.0 Å². The average molecular weight is 397 g/mol. The summed E-state index contributed by atoms with van der Waals surface area (Å²) in [7, 11) is -2.39. The summed E-state index contributed by atoms with van der Waals surface area (Å²) in [6, 6.07) is 13.4. The number of amides is 1. The molecule has 0 aliphatic heterocycles. The largest absolute Gasteiger partial charge is 0.491 e. The molecule has 0 spiro atoms. The van der Waals surface area contributed by atoms with Gasteiger partial charge in [-0.1, -0.05) is 29.8 Å². The topological polar surface area (TPSA) is 75.7 Å². The fraction of sp³-hybridized carbons (Fsp3) is 0.278. The monoisotopic (exact) mass is 396 g/mol. The maximum absolute atomic E-state index is 12.4. The molecule has 2 aromatic rings. The number of halogens is 1. The molecule has 8 heteroatoms. The maximum atomic E-state index is 12.4. The number of carbonyl (C=O) groups excluding carboxylic acids is 1. The van der Waals surface area contributed by atoms with Crippen molar-refractivity contribution in [3.05, 3.63) is 59.1 Å². The van der Waals surface area contributed by atoms with Crippen LogP contribution in [0.15, 0.2) is 53.4 Å². The summed E-state index contributed by atoms with van der Waals surface area (Å²) in [5.74, 6) is 0.350. The number of rotatable bonds is 8. The highest BCUT2D eigenvalue weighted by atomic mass is 35.5. The van der Waals surface area contributed by atoms with Gasteiger partial charge in [0, 0.05) is 12.1 Å². The molecule has 140 valence electrons. The molecule has 0 fully saturated rings. The molecule has 2 aromatic carbocycles. The predicted octanol–water partition coefficient (Wildman–Crippen LogP) is 2.46. The third kappa shape index (κ3) is 5.45. The van der Waals surface area contributed by atoms with Crippen LogP contribution in [0.5, 0.6) is 5.75 Å². The van der Waals surface area contributed by atoms with E-state index >= 15 is 0 Å². The van der Waals surface area contributed by atoms with E-state index in [0.29, 0.717) is 11.6 Å². The summed E-state index contributed by atoms with van der Waals surface area (Å²) in [4.78, 5) is 12.1. The molecule has 0 atom stereocenters. The molecule has 0 unspecified atom stereocenters. The fourth-order valence-corrected chi connectivity index (χ4v) is 3.45. The molecule has 2 rings (SSSR count). The number of hydrogen-bond donors (Lipinski definition) is 1. The van der Waals surface area contributed by atoms with E-state index in [2.05, 4.69) is 5.32 Å². The van der Waals surface area contributed by atoms with Crippen molar-refractivity contribution >= 4 is 27.5 Å². The zero-order valence-corrected chi connectivity index (χ0v) is 16.2. The van der Waals surface area contributed by atoms with Crippen LogP contribution in [0.4, 0.5) is 0 Å². The summed E-state index contributed by atoms with van der Waals surface area (Å²) in [6.07, 6.45) is 0. The second-order valence-corrected chi connectivity index (χ2v) is 8.16. The molecule has 0 radical (unpaired) electrons. The summed E-state index contributed by atoms with van der Waals surface area (Å²) in [6.45, 7) is 2.23. The van der Waals surface area contributed by atoms with Crippen molar-refractivity contribution < 1.29 is 17.9 Å². The van der Waals surface area contributed by atoms with Crippen LogP contribution in [0.25, 0.3) is 0 Å². The van der Waals surface area contributed by atoms with Crippen LogP contribution >= 0.6 is 11.6 Å². The lowest BCUT2D eigenvalue weighted by Gasteiger charge is -2.17. The van der Waals surface area contributed by atoms with Crippen molar-refractivity contribution in [3.63, 3.8) is 0 Å². The van der Waals surface area contributed by atoms with Gasteiger partial charge in [0.2, 0.25) is 15.9 Å². The van der Waals surface area contributed by atoms with E-state index in [1.807, 2.05) is 31.2 Å². The fourth-order valence-electron chi connectivity index (χ4n) is 2.20. The van der Waals surface area contributed by atoms with Crippen molar-refractivity contribution in [2.45, 2.75) is 11.8 Å². The first-order chi connectivity index (χ1) is 12.3. The lowest BCUT2D eigenvalue weighted by atomic mass is 10.2. The molecule has 0 saturated heterocycles. The molecule has 0 bridgehead atoms. The lowest BCUT2D eigenvalue weighted by molar-refractivity contribution is -0.121. The summed E-state index contributed by atoms with van der Waals surface area (Å²) in [5, 5.41) is 3.09. The summed E-state index contributed by atoms with van der Waals surface area (Å²) in [5.41, 5.74) is 1.01. The van der Waals surface area contributed by atoms with E-state index in [0.717, 1.165) is 15.6 Å². The molecule has 0 aliphatic rings. The molecular formula is C18H21ClN2O4S. The number of likely N-dealkylation sites (N-methyl/N-ethyl adjacent to an activating group) is 1. The van der Waals surface area contributed by atoms with E-state index in [9.17, 15) is 13.2 Å². The van der Waals surface area contributed by atoms with E-state index in [1.165, 1.54) is 31.3 Å². The second kappa shape index (κ2) is 9.02. The van der Waals surface area contributed by atoms with Crippen molar-refractivity contribution in [1.29, 1.82) is 0 Å². The maximum Gasteiger partial charge on any atom is 0.243 e. The molecule has 6 nitrogen and oxygen atoms in total. The molecule has 26 heavy (non-hydrogen) atoms. The van der Waals surface area contributed by atoms with Crippen LogP contribution in [0.3, 0.4) is 0 Å². The summed E-state index contributed by atoms with van der Waals surface area (Å²) < 4.78 is 31.4. The number of nitrogens with zero attached hydrogens (tertiary/aromatic N) is 1. The quantitative estimate of drug-likeness (QED) is 0.695. The van der Waals surface area contributed by atoms with Crippen LogP contribution in [-0.2, 0) is 14.8 Å². The van der Waals surface area contributed by atoms with Gasteiger partial charge in [-0.15, -0.1) is 0 Å². The second-order valence-electron chi connectivity index (χ2n) is 5.68. The smallest absolute Gasteiger partial charge is 0.243 e. The van der Waals surface area contributed by atoms with Crippen LogP contribution in [0.2, 0.25) is 5.02 Å². The number of carbonyl (C=O) groups is 1. The van der Waals surface area contributed by atoms with Crippen LogP contribution in [-0.4, -0.2) is 45.4 Å². The number of para-hydroxylation sites is 1. The van der Waals surface area contributed by atoms with Gasteiger partial charge < -0.3 is 10.1 Å². The summed E-state index contributed by atoms with van der Waals surface area (Å²) >= 11 is 5.77.